The van der Waals surface area contributed by atoms with Gasteiger partial charge in [-0.25, -0.2) is 24.3 Å². The van der Waals surface area contributed by atoms with Gasteiger partial charge in [-0.05, 0) is 37.1 Å². The fourth-order valence-corrected chi connectivity index (χ4v) is 4.01. The van der Waals surface area contributed by atoms with E-state index < -0.39 is 0 Å². The van der Waals surface area contributed by atoms with Gasteiger partial charge in [-0.3, -0.25) is 4.79 Å². The largest absolute Gasteiger partial charge is 0.278 e. The summed E-state index contributed by atoms with van der Waals surface area (Å²) in [5, 5.41) is 1.13. The lowest BCUT2D eigenvalue weighted by atomic mass is 10.0. The van der Waals surface area contributed by atoms with E-state index in [0.29, 0.717) is 28.7 Å². The molecule has 0 aromatic carbocycles. The molecule has 0 radical (unpaired) electrons. The molecule has 26 heavy (non-hydrogen) atoms. The van der Waals surface area contributed by atoms with Crippen LogP contribution >= 0.6 is 11.8 Å². The predicted octanol–water partition coefficient (Wildman–Crippen LogP) is 3.32. The summed E-state index contributed by atoms with van der Waals surface area (Å²) < 4.78 is 3.44. The second-order valence-corrected chi connectivity index (χ2v) is 7.21. The molecule has 7 heteroatoms. The number of aryl methyl sites for hydroxylation is 1. The minimum atomic E-state index is -0.123. The number of aromatic nitrogens is 5. The molecule has 0 amide bonds. The smallest absolute Gasteiger partial charge is 0.267 e. The molecule has 4 rings (SSSR count). The fraction of sp³-hybridized carbons (Fsp3) is 0.368. The maximum Gasteiger partial charge on any atom is 0.278 e. The monoisotopic (exact) mass is 367 g/mol. The van der Waals surface area contributed by atoms with Gasteiger partial charge in [-0.2, -0.15) is 0 Å². The van der Waals surface area contributed by atoms with Gasteiger partial charge in [0.2, 0.25) is 0 Å². The quantitative estimate of drug-likeness (QED) is 0.393. The van der Waals surface area contributed by atoms with Gasteiger partial charge in [-0.15, -0.1) is 6.58 Å². The lowest BCUT2D eigenvalue weighted by Crippen LogP contribution is -2.22. The van der Waals surface area contributed by atoms with E-state index in [1.807, 2.05) is 17.0 Å². The summed E-state index contributed by atoms with van der Waals surface area (Å²) in [5.41, 5.74) is 2.94. The van der Waals surface area contributed by atoms with E-state index in [9.17, 15) is 4.79 Å². The molecule has 3 aromatic heterocycles. The Morgan fingerprint density at radius 2 is 2.23 bits per heavy atom. The first kappa shape index (κ1) is 17.0. The van der Waals surface area contributed by atoms with E-state index in [-0.39, 0.29) is 5.56 Å². The molecule has 0 saturated carbocycles. The summed E-state index contributed by atoms with van der Waals surface area (Å²) in [5.74, 6) is 1.21. The molecule has 6 nitrogen and oxygen atoms in total. The molecule has 1 aliphatic rings. The van der Waals surface area contributed by atoms with Crippen molar-refractivity contribution in [1.29, 1.82) is 0 Å². The number of pyridine rings is 1. The maximum absolute atomic E-state index is 12.8. The zero-order valence-electron chi connectivity index (χ0n) is 15.0. The fourth-order valence-electron chi connectivity index (χ4n) is 3.67. The summed E-state index contributed by atoms with van der Waals surface area (Å²) in [6.45, 7) is 6.37. The maximum atomic E-state index is 12.8. The van der Waals surface area contributed by atoms with Gasteiger partial charge in [0.1, 0.15) is 5.39 Å². The highest BCUT2D eigenvalue weighted by Gasteiger charge is 2.24. The van der Waals surface area contributed by atoms with Gasteiger partial charge in [0.25, 0.3) is 5.56 Å². The Morgan fingerprint density at radius 1 is 1.38 bits per heavy atom. The minimum Gasteiger partial charge on any atom is -0.267 e. The van der Waals surface area contributed by atoms with Crippen molar-refractivity contribution >= 4 is 22.8 Å². The number of rotatable bonds is 5. The average molecular weight is 367 g/mol. The van der Waals surface area contributed by atoms with Crippen LogP contribution in [0.15, 0.2) is 40.9 Å². The summed E-state index contributed by atoms with van der Waals surface area (Å²) in [7, 11) is 0. The normalized spacial score (nSPS) is 16.2. The molecule has 3 heterocycles. The molecular weight excluding hydrogens is 346 g/mol. The molecule has 1 atom stereocenters. The number of hydrogen-bond acceptors (Lipinski definition) is 5. The Morgan fingerprint density at radius 3 is 2.96 bits per heavy atom. The summed E-state index contributed by atoms with van der Waals surface area (Å²) >= 11 is 1.45. The van der Waals surface area contributed by atoms with Crippen LogP contribution in [-0.2, 0) is 13.0 Å². The van der Waals surface area contributed by atoms with Crippen molar-refractivity contribution < 1.29 is 0 Å². The van der Waals surface area contributed by atoms with Crippen LogP contribution in [-0.4, -0.2) is 30.6 Å². The average Bonchev–Trinajstić information content (AvgIpc) is 3.20. The van der Waals surface area contributed by atoms with Crippen molar-refractivity contribution in [3.8, 4) is 5.82 Å². The summed E-state index contributed by atoms with van der Waals surface area (Å²) in [6.07, 6.45) is 8.54. The highest BCUT2D eigenvalue weighted by atomic mass is 32.2. The van der Waals surface area contributed by atoms with Crippen LogP contribution in [0.5, 0.6) is 0 Å². The molecule has 0 saturated heterocycles. The highest BCUT2D eigenvalue weighted by Crippen LogP contribution is 2.34. The highest BCUT2D eigenvalue weighted by molar-refractivity contribution is 7.98. The zero-order valence-corrected chi connectivity index (χ0v) is 15.8. The molecule has 134 valence electrons. The third-order valence-corrected chi connectivity index (χ3v) is 5.56. The van der Waals surface area contributed by atoms with Gasteiger partial charge < -0.3 is 0 Å². The third-order valence-electron chi connectivity index (χ3n) is 4.99. The number of thioether (sulfide) groups is 1. The zero-order chi connectivity index (χ0) is 18.3. The molecule has 0 aliphatic heterocycles. The van der Waals surface area contributed by atoms with Crippen molar-refractivity contribution in [2.75, 3.05) is 6.26 Å². The van der Waals surface area contributed by atoms with Gasteiger partial charge in [0.05, 0.1) is 6.54 Å². The lowest BCUT2D eigenvalue weighted by Gasteiger charge is -2.13. The van der Waals surface area contributed by atoms with Crippen molar-refractivity contribution in [2.24, 2.45) is 0 Å². The van der Waals surface area contributed by atoms with Crippen LogP contribution in [0, 0.1) is 0 Å². The van der Waals surface area contributed by atoms with E-state index in [1.54, 1.807) is 17.0 Å². The van der Waals surface area contributed by atoms with E-state index in [0.717, 1.165) is 30.8 Å². The van der Waals surface area contributed by atoms with E-state index in [1.165, 1.54) is 17.3 Å². The van der Waals surface area contributed by atoms with Gasteiger partial charge in [0, 0.05) is 17.8 Å². The van der Waals surface area contributed by atoms with Gasteiger partial charge in [0.15, 0.2) is 16.6 Å². The predicted molar refractivity (Wildman–Crippen MR) is 104 cm³/mol. The molecular formula is C19H21N5OS. The standard InChI is InChI=1S/C19H21N5OS/c1-4-10-23-18(25)14-11-20-19(26-3)22-17(14)24(23)15-9-8-13-7-6-12(5-2)16(13)21-15/h4,8-9,11-12H,1,5-7,10H2,2-3H3. The number of allylic oxidation sites excluding steroid dienone is 1. The van der Waals surface area contributed by atoms with Crippen molar-refractivity contribution in [3.05, 3.63) is 52.6 Å². The Hall–Kier alpha value is -2.41. The van der Waals surface area contributed by atoms with Crippen LogP contribution in [0.25, 0.3) is 16.9 Å². The molecule has 3 aromatic rings. The second-order valence-electron chi connectivity index (χ2n) is 6.44. The summed E-state index contributed by atoms with van der Waals surface area (Å²) in [4.78, 5) is 26.6. The van der Waals surface area contributed by atoms with Crippen LogP contribution < -0.4 is 5.56 Å². The Labute approximate surface area is 156 Å². The topological polar surface area (TPSA) is 65.6 Å². The Balaban J connectivity index is 2.00. The van der Waals surface area contributed by atoms with Crippen LogP contribution in [0.2, 0.25) is 0 Å². The SMILES string of the molecule is C=CCn1c(=O)c2cnc(SC)nc2n1-c1ccc2c(n1)C(CC)CC2. The van der Waals surface area contributed by atoms with E-state index >= 15 is 0 Å². The van der Waals surface area contributed by atoms with Crippen molar-refractivity contribution in [1.82, 2.24) is 24.3 Å². The van der Waals surface area contributed by atoms with Crippen molar-refractivity contribution in [2.45, 2.75) is 43.8 Å². The first-order valence-electron chi connectivity index (χ1n) is 8.81. The molecule has 0 fully saturated rings. The lowest BCUT2D eigenvalue weighted by molar-refractivity contribution is 0.589. The van der Waals surface area contributed by atoms with Crippen LogP contribution in [0.3, 0.4) is 0 Å². The van der Waals surface area contributed by atoms with Crippen LogP contribution in [0.4, 0.5) is 0 Å². The number of fused-ring (bicyclic) bond motifs is 2. The first-order valence-corrected chi connectivity index (χ1v) is 10.0. The Kier molecular flexibility index (Phi) is 4.40. The number of nitrogens with zero attached hydrogens (tertiary/aromatic N) is 5. The molecule has 0 bridgehead atoms. The van der Waals surface area contributed by atoms with E-state index in [4.69, 9.17) is 4.98 Å². The van der Waals surface area contributed by atoms with Gasteiger partial charge in [-0.1, -0.05) is 30.8 Å². The second kappa shape index (κ2) is 6.72. The third kappa shape index (κ3) is 2.58. The first-order chi connectivity index (χ1) is 12.7. The van der Waals surface area contributed by atoms with Gasteiger partial charge >= 0.3 is 0 Å². The molecule has 1 aliphatic carbocycles. The molecule has 0 N–H and O–H groups in total. The van der Waals surface area contributed by atoms with E-state index in [2.05, 4.69) is 29.5 Å². The summed E-state index contributed by atoms with van der Waals surface area (Å²) in [6, 6.07) is 4.12. The number of hydrogen-bond donors (Lipinski definition) is 0. The Bertz CT molecular complexity index is 1050. The minimum absolute atomic E-state index is 0.123. The van der Waals surface area contributed by atoms with Crippen molar-refractivity contribution in [3.63, 3.8) is 0 Å². The molecule has 1 unspecified atom stereocenters. The van der Waals surface area contributed by atoms with Crippen LogP contribution in [0.1, 0.15) is 36.9 Å². The molecule has 0 spiro atoms.